The van der Waals surface area contributed by atoms with Crippen molar-refractivity contribution in [3.05, 3.63) is 58.6 Å². The van der Waals surface area contributed by atoms with Gasteiger partial charge in [-0.05, 0) is 55.5 Å². The summed E-state index contributed by atoms with van der Waals surface area (Å²) in [4.78, 5) is 41.3. The number of carbonyl (C=O) groups is 3. The Hall–Kier alpha value is -3.63. The number of aromatic amines is 1. The van der Waals surface area contributed by atoms with Gasteiger partial charge >= 0.3 is 0 Å². The van der Waals surface area contributed by atoms with E-state index in [0.717, 1.165) is 16.5 Å². The van der Waals surface area contributed by atoms with Crippen LogP contribution in [0.3, 0.4) is 0 Å². The van der Waals surface area contributed by atoms with Crippen molar-refractivity contribution >= 4 is 46.0 Å². The van der Waals surface area contributed by atoms with Crippen molar-refractivity contribution in [1.29, 1.82) is 0 Å². The Balaban J connectivity index is 1.10. The number of nitrogens with zero attached hydrogens (tertiary/aromatic N) is 3. The van der Waals surface area contributed by atoms with E-state index in [0.29, 0.717) is 74.8 Å². The first-order chi connectivity index (χ1) is 18.4. The molecule has 0 unspecified atom stereocenters. The van der Waals surface area contributed by atoms with E-state index < -0.39 is 0 Å². The summed E-state index contributed by atoms with van der Waals surface area (Å²) in [5, 5.41) is 20.9. The molecule has 5 rings (SSSR count). The number of rotatable bonds is 6. The van der Waals surface area contributed by atoms with Gasteiger partial charge in [0.15, 0.2) is 5.82 Å². The van der Waals surface area contributed by atoms with Crippen LogP contribution >= 0.6 is 11.6 Å². The second-order valence-corrected chi connectivity index (χ2v) is 10.3. The zero-order valence-corrected chi connectivity index (χ0v) is 21.7. The van der Waals surface area contributed by atoms with Crippen molar-refractivity contribution in [2.75, 3.05) is 31.5 Å². The first-order valence-electron chi connectivity index (χ1n) is 12.9. The molecule has 2 heterocycles. The molecule has 2 aromatic carbocycles. The average molecular weight is 539 g/mol. The van der Waals surface area contributed by atoms with Crippen LogP contribution < -0.4 is 10.8 Å². The van der Waals surface area contributed by atoms with E-state index in [1.54, 1.807) is 10.4 Å². The van der Waals surface area contributed by atoms with Crippen LogP contribution in [-0.2, 0) is 16.1 Å². The quantitative estimate of drug-likeness (QED) is 0.281. The van der Waals surface area contributed by atoms with Crippen molar-refractivity contribution in [2.45, 2.75) is 32.2 Å². The number of hydrogen-bond acceptors (Lipinski definition) is 6. The summed E-state index contributed by atoms with van der Waals surface area (Å²) in [5.74, 6) is 0.0337. The lowest BCUT2D eigenvalue weighted by molar-refractivity contribution is -0.141. The zero-order valence-electron chi connectivity index (χ0n) is 21.0. The molecular formula is C27H31ClN6O4. The fourth-order valence-corrected chi connectivity index (χ4v) is 5.64. The maximum absolute atomic E-state index is 13.1. The highest BCUT2D eigenvalue weighted by Gasteiger charge is 2.33. The van der Waals surface area contributed by atoms with Crippen LogP contribution in [0.1, 0.15) is 41.6 Å². The first kappa shape index (κ1) is 26.0. The number of benzene rings is 2. The van der Waals surface area contributed by atoms with Gasteiger partial charge in [-0.25, -0.2) is 5.48 Å². The van der Waals surface area contributed by atoms with E-state index >= 15 is 0 Å². The van der Waals surface area contributed by atoms with Crippen LogP contribution in [0, 0.1) is 11.8 Å². The summed E-state index contributed by atoms with van der Waals surface area (Å²) in [5.41, 5.74) is 4.19. The molecule has 3 aromatic rings. The SMILES string of the molecule is O=C(NO)C1CCC(C(=O)N2CCN(C(=O)c3ccc(CNc4n[nH]c5cccc(Cl)c45)cc3)CC2)CC1. The van der Waals surface area contributed by atoms with Gasteiger partial charge in [0.25, 0.3) is 5.91 Å². The summed E-state index contributed by atoms with van der Waals surface area (Å²) >= 11 is 6.32. The second-order valence-electron chi connectivity index (χ2n) is 9.93. The van der Waals surface area contributed by atoms with Crippen LogP contribution in [0.25, 0.3) is 10.9 Å². The van der Waals surface area contributed by atoms with Gasteiger partial charge in [-0.15, -0.1) is 0 Å². The van der Waals surface area contributed by atoms with E-state index in [1.165, 1.54) is 0 Å². The van der Waals surface area contributed by atoms with Crippen molar-refractivity contribution in [3.8, 4) is 0 Å². The van der Waals surface area contributed by atoms with Gasteiger partial charge in [-0.3, -0.25) is 24.7 Å². The van der Waals surface area contributed by atoms with Gasteiger partial charge in [-0.2, -0.15) is 5.10 Å². The minimum absolute atomic E-state index is 0.0443. The fourth-order valence-electron chi connectivity index (χ4n) is 5.37. The molecule has 4 N–H and O–H groups in total. The Bertz CT molecular complexity index is 1310. The number of anilines is 1. The van der Waals surface area contributed by atoms with E-state index in [2.05, 4.69) is 15.5 Å². The summed E-state index contributed by atoms with van der Waals surface area (Å²) in [7, 11) is 0. The van der Waals surface area contributed by atoms with E-state index in [9.17, 15) is 14.4 Å². The van der Waals surface area contributed by atoms with E-state index in [-0.39, 0.29) is 29.6 Å². The molecule has 1 aromatic heterocycles. The standard InChI is InChI=1S/C27H31ClN6O4/c28-21-2-1-3-22-23(21)24(31-30-22)29-16-17-4-6-19(7-5-17)26(36)33-12-14-34(15-13-33)27(37)20-10-8-18(9-11-20)25(35)32-38/h1-7,18,20,38H,8-16H2,(H,32,35)(H2,29,30,31). The van der Waals surface area contributed by atoms with Crippen LogP contribution in [0.2, 0.25) is 5.02 Å². The first-order valence-corrected chi connectivity index (χ1v) is 13.3. The minimum atomic E-state index is -0.372. The molecule has 11 heteroatoms. The van der Waals surface area contributed by atoms with Gasteiger partial charge in [0.05, 0.1) is 15.9 Å². The Labute approximate surface area is 225 Å². The molecule has 2 fully saturated rings. The number of carbonyl (C=O) groups excluding carboxylic acids is 3. The second kappa shape index (κ2) is 11.4. The molecule has 0 atom stereocenters. The smallest absolute Gasteiger partial charge is 0.253 e. The third-order valence-electron chi connectivity index (χ3n) is 7.64. The highest BCUT2D eigenvalue weighted by molar-refractivity contribution is 6.36. The molecule has 38 heavy (non-hydrogen) atoms. The summed E-state index contributed by atoms with van der Waals surface area (Å²) in [6.45, 7) is 2.52. The van der Waals surface area contributed by atoms with E-state index in [1.807, 2.05) is 47.4 Å². The number of aromatic nitrogens is 2. The molecule has 2 aliphatic rings. The average Bonchev–Trinajstić information content (AvgIpc) is 3.40. The van der Waals surface area contributed by atoms with Crippen LogP contribution in [-0.4, -0.2) is 69.1 Å². The summed E-state index contributed by atoms with van der Waals surface area (Å²) in [6.07, 6.45) is 2.47. The number of piperazine rings is 1. The van der Waals surface area contributed by atoms with Gasteiger partial charge in [0.2, 0.25) is 11.8 Å². The number of hydrogen-bond donors (Lipinski definition) is 4. The van der Waals surface area contributed by atoms with Crippen molar-refractivity contribution in [2.24, 2.45) is 11.8 Å². The Kier molecular flexibility index (Phi) is 7.80. The van der Waals surface area contributed by atoms with Crippen molar-refractivity contribution < 1.29 is 19.6 Å². The molecule has 1 saturated carbocycles. The van der Waals surface area contributed by atoms with Crippen LogP contribution in [0.15, 0.2) is 42.5 Å². The number of amides is 3. The molecule has 0 spiro atoms. The lowest BCUT2D eigenvalue weighted by atomic mass is 9.81. The Morgan fingerprint density at radius 2 is 1.61 bits per heavy atom. The lowest BCUT2D eigenvalue weighted by Crippen LogP contribution is -2.52. The van der Waals surface area contributed by atoms with Crippen LogP contribution in [0.5, 0.6) is 0 Å². The molecule has 1 aliphatic carbocycles. The third kappa shape index (κ3) is 5.46. The number of H-pyrrole nitrogens is 1. The monoisotopic (exact) mass is 538 g/mol. The van der Waals surface area contributed by atoms with Gasteiger partial charge in [-0.1, -0.05) is 29.8 Å². The topological polar surface area (TPSA) is 131 Å². The maximum Gasteiger partial charge on any atom is 0.253 e. The van der Waals surface area contributed by atoms with E-state index in [4.69, 9.17) is 16.8 Å². The molecule has 1 aliphatic heterocycles. The highest BCUT2D eigenvalue weighted by Crippen LogP contribution is 2.31. The highest BCUT2D eigenvalue weighted by atomic mass is 35.5. The van der Waals surface area contributed by atoms with Gasteiger partial charge < -0.3 is 15.1 Å². The van der Waals surface area contributed by atoms with Gasteiger partial charge in [0, 0.05) is 50.1 Å². The zero-order chi connectivity index (χ0) is 26.6. The number of fused-ring (bicyclic) bond motifs is 1. The molecular weight excluding hydrogens is 508 g/mol. The summed E-state index contributed by atoms with van der Waals surface area (Å²) < 4.78 is 0. The number of hydroxylamine groups is 1. The third-order valence-corrected chi connectivity index (χ3v) is 7.95. The van der Waals surface area contributed by atoms with Crippen molar-refractivity contribution in [1.82, 2.24) is 25.5 Å². The normalized spacial score (nSPS) is 19.8. The maximum atomic E-state index is 13.1. The molecule has 0 bridgehead atoms. The number of halogens is 1. The Morgan fingerprint density at radius 3 is 2.29 bits per heavy atom. The van der Waals surface area contributed by atoms with Crippen molar-refractivity contribution in [3.63, 3.8) is 0 Å². The molecule has 3 amide bonds. The fraction of sp³-hybridized carbons (Fsp3) is 0.407. The largest absolute Gasteiger partial charge is 0.364 e. The van der Waals surface area contributed by atoms with Gasteiger partial charge in [0.1, 0.15) is 0 Å². The number of nitrogens with one attached hydrogen (secondary N) is 3. The predicted molar refractivity (Wildman–Crippen MR) is 143 cm³/mol. The molecule has 10 nitrogen and oxygen atoms in total. The molecule has 200 valence electrons. The van der Waals surface area contributed by atoms with Crippen LogP contribution in [0.4, 0.5) is 5.82 Å². The summed E-state index contributed by atoms with van der Waals surface area (Å²) in [6, 6.07) is 13.1. The molecule has 0 radical (unpaired) electrons. The Morgan fingerprint density at radius 1 is 0.947 bits per heavy atom. The lowest BCUT2D eigenvalue weighted by Gasteiger charge is -2.37. The minimum Gasteiger partial charge on any atom is -0.364 e. The molecule has 1 saturated heterocycles. The predicted octanol–water partition coefficient (Wildman–Crippen LogP) is 3.42.